The molecule has 29 heavy (non-hydrogen) atoms. The van der Waals surface area contributed by atoms with E-state index in [1.807, 2.05) is 0 Å². The topological polar surface area (TPSA) is 36.9 Å². The predicted octanol–water partition coefficient (Wildman–Crippen LogP) is 7.27. The third-order valence-corrected chi connectivity index (χ3v) is 6.33. The van der Waals surface area contributed by atoms with E-state index in [4.69, 9.17) is 18.9 Å². The van der Waals surface area contributed by atoms with Crippen LogP contribution in [0.15, 0.2) is 12.2 Å². The van der Waals surface area contributed by atoms with E-state index in [0.29, 0.717) is 5.92 Å². The summed E-state index contributed by atoms with van der Waals surface area (Å²) < 4.78 is 23.4. The first-order chi connectivity index (χ1) is 14.0. The van der Waals surface area contributed by atoms with Crippen molar-refractivity contribution in [3.8, 4) is 0 Å². The second kappa shape index (κ2) is 17.3. The lowest BCUT2D eigenvalue weighted by molar-refractivity contribution is -0.425. The summed E-state index contributed by atoms with van der Waals surface area (Å²) in [5, 5.41) is 0. The van der Waals surface area contributed by atoms with Crippen molar-refractivity contribution in [1.82, 2.24) is 0 Å². The first kappa shape index (κ1) is 28.6. The van der Waals surface area contributed by atoms with Crippen LogP contribution >= 0.6 is 0 Å². The molecule has 174 valence electrons. The lowest BCUT2D eigenvalue weighted by Gasteiger charge is -2.46. The van der Waals surface area contributed by atoms with Gasteiger partial charge in [0.2, 0.25) is 0 Å². The second-order valence-corrected chi connectivity index (χ2v) is 8.18. The quantitative estimate of drug-likeness (QED) is 0.119. The minimum Gasteiger partial charge on any atom is -0.370 e. The van der Waals surface area contributed by atoms with Crippen molar-refractivity contribution in [2.75, 3.05) is 28.4 Å². The molecule has 4 nitrogen and oxygen atoms in total. The number of rotatable bonds is 20. The number of hydrogen-bond acceptors (Lipinski definition) is 4. The second-order valence-electron chi connectivity index (χ2n) is 8.18. The Morgan fingerprint density at radius 1 is 0.690 bits per heavy atom. The molecule has 2 unspecified atom stereocenters. The zero-order chi connectivity index (χ0) is 22.0. The van der Waals surface area contributed by atoms with Crippen LogP contribution in [0.4, 0.5) is 0 Å². The first-order valence-corrected chi connectivity index (χ1v) is 11.9. The van der Waals surface area contributed by atoms with Gasteiger partial charge in [-0.1, -0.05) is 83.8 Å². The number of methoxy groups -OCH3 is 4. The van der Waals surface area contributed by atoms with Crippen molar-refractivity contribution < 1.29 is 18.9 Å². The SMILES string of the molecule is CC=CC(CC)CCCCCC(CCCCCCCC)(OC)C(OC)(OC)OC. The summed E-state index contributed by atoms with van der Waals surface area (Å²) in [7, 11) is 6.70. The lowest BCUT2D eigenvalue weighted by atomic mass is 9.86. The van der Waals surface area contributed by atoms with E-state index >= 15 is 0 Å². The van der Waals surface area contributed by atoms with E-state index in [9.17, 15) is 0 Å². The highest BCUT2D eigenvalue weighted by Gasteiger charge is 2.53. The molecule has 0 spiro atoms. The molecule has 0 aromatic heterocycles. The monoisotopic (exact) mass is 414 g/mol. The van der Waals surface area contributed by atoms with Crippen LogP contribution in [0.2, 0.25) is 0 Å². The van der Waals surface area contributed by atoms with Gasteiger partial charge in [-0.25, -0.2) is 0 Å². The Bertz CT molecular complexity index is 384. The number of ether oxygens (including phenoxy) is 4. The highest BCUT2D eigenvalue weighted by Crippen LogP contribution is 2.40. The third-order valence-electron chi connectivity index (χ3n) is 6.33. The van der Waals surface area contributed by atoms with E-state index in [2.05, 4.69) is 32.9 Å². The van der Waals surface area contributed by atoms with Gasteiger partial charge >= 0.3 is 5.97 Å². The Morgan fingerprint density at radius 2 is 1.21 bits per heavy atom. The maximum Gasteiger partial charge on any atom is 0.313 e. The molecule has 0 fully saturated rings. The summed E-state index contributed by atoms with van der Waals surface area (Å²) in [5.41, 5.74) is -0.594. The summed E-state index contributed by atoms with van der Waals surface area (Å²) in [6.45, 7) is 6.63. The van der Waals surface area contributed by atoms with Gasteiger partial charge in [-0.15, -0.1) is 0 Å². The summed E-state index contributed by atoms with van der Waals surface area (Å²) in [4.78, 5) is 0. The zero-order valence-electron chi connectivity index (χ0n) is 20.6. The van der Waals surface area contributed by atoms with Gasteiger partial charge in [0.1, 0.15) is 5.60 Å². The Balaban J connectivity index is 4.89. The number of unbranched alkanes of at least 4 members (excludes halogenated alkanes) is 7. The molecule has 0 aliphatic rings. The van der Waals surface area contributed by atoms with Crippen LogP contribution in [0.3, 0.4) is 0 Å². The van der Waals surface area contributed by atoms with Gasteiger partial charge < -0.3 is 18.9 Å². The Kier molecular flexibility index (Phi) is 17.0. The van der Waals surface area contributed by atoms with Gasteiger partial charge in [-0.05, 0) is 38.5 Å². The lowest BCUT2D eigenvalue weighted by Crippen LogP contribution is -2.59. The van der Waals surface area contributed by atoms with Crippen LogP contribution in [-0.4, -0.2) is 40.0 Å². The smallest absolute Gasteiger partial charge is 0.313 e. The summed E-state index contributed by atoms with van der Waals surface area (Å²) in [6.07, 6.45) is 19.7. The molecule has 0 aliphatic heterocycles. The minimum absolute atomic E-state index is 0.594. The molecule has 0 saturated heterocycles. The fourth-order valence-electron chi connectivity index (χ4n) is 4.46. The molecular weight excluding hydrogens is 364 g/mol. The van der Waals surface area contributed by atoms with Crippen LogP contribution in [0, 0.1) is 5.92 Å². The fraction of sp³-hybridized carbons (Fsp3) is 0.920. The van der Waals surface area contributed by atoms with Crippen LogP contribution in [0.5, 0.6) is 0 Å². The summed E-state index contributed by atoms with van der Waals surface area (Å²) >= 11 is 0. The number of hydrogen-bond donors (Lipinski definition) is 0. The van der Waals surface area contributed by atoms with Crippen molar-refractivity contribution in [2.24, 2.45) is 5.92 Å². The molecule has 0 bridgehead atoms. The van der Waals surface area contributed by atoms with Gasteiger partial charge in [0.05, 0.1) is 0 Å². The van der Waals surface area contributed by atoms with Crippen molar-refractivity contribution in [3.05, 3.63) is 12.2 Å². The van der Waals surface area contributed by atoms with Crippen LogP contribution in [0.1, 0.15) is 104 Å². The molecule has 0 radical (unpaired) electrons. The van der Waals surface area contributed by atoms with Crippen molar-refractivity contribution in [3.63, 3.8) is 0 Å². The molecule has 0 aliphatic carbocycles. The standard InChI is InChI=1S/C25H50O4/c1-8-11-12-13-14-17-21-24(26-4,25(27-5,28-6)29-7)22-18-15-16-20-23(10-3)19-9-2/h9,19,23H,8,10-18,20-22H2,1-7H3. The molecular formula is C25H50O4. The Labute approximate surface area is 181 Å². The zero-order valence-corrected chi connectivity index (χ0v) is 20.6. The summed E-state index contributed by atoms with van der Waals surface area (Å²) in [6, 6.07) is 0. The molecule has 0 heterocycles. The molecule has 0 N–H and O–H groups in total. The molecule has 0 amide bonds. The average Bonchev–Trinajstić information content (AvgIpc) is 2.75. The van der Waals surface area contributed by atoms with Gasteiger partial charge in [0, 0.05) is 28.4 Å². The third kappa shape index (κ3) is 9.50. The highest BCUT2D eigenvalue weighted by atomic mass is 16.9. The summed E-state index contributed by atoms with van der Waals surface area (Å²) in [5.74, 6) is -0.464. The Hall–Kier alpha value is -0.420. The van der Waals surface area contributed by atoms with Crippen molar-refractivity contribution in [1.29, 1.82) is 0 Å². The maximum atomic E-state index is 6.11. The highest BCUT2D eigenvalue weighted by molar-refractivity contribution is 4.91. The normalized spacial score (nSPS) is 15.7. The number of allylic oxidation sites excluding steroid dienone is 2. The van der Waals surface area contributed by atoms with E-state index in [1.165, 1.54) is 57.8 Å². The van der Waals surface area contributed by atoms with Crippen LogP contribution in [0.25, 0.3) is 0 Å². The fourth-order valence-corrected chi connectivity index (χ4v) is 4.46. The minimum atomic E-state index is -1.16. The molecule has 4 heteroatoms. The molecule has 0 rings (SSSR count). The molecule has 0 saturated carbocycles. The van der Waals surface area contributed by atoms with E-state index < -0.39 is 11.6 Å². The van der Waals surface area contributed by atoms with Gasteiger partial charge in [-0.3, -0.25) is 0 Å². The largest absolute Gasteiger partial charge is 0.370 e. The van der Waals surface area contributed by atoms with Gasteiger partial charge in [0.25, 0.3) is 0 Å². The average molecular weight is 415 g/mol. The molecule has 2 atom stereocenters. The van der Waals surface area contributed by atoms with Gasteiger partial charge in [0.15, 0.2) is 0 Å². The molecule has 0 aromatic rings. The predicted molar refractivity (Wildman–Crippen MR) is 123 cm³/mol. The van der Waals surface area contributed by atoms with E-state index in [1.54, 1.807) is 28.4 Å². The molecule has 0 aromatic carbocycles. The Morgan fingerprint density at radius 3 is 1.66 bits per heavy atom. The van der Waals surface area contributed by atoms with E-state index in [0.717, 1.165) is 25.7 Å². The van der Waals surface area contributed by atoms with Crippen LogP contribution < -0.4 is 0 Å². The van der Waals surface area contributed by atoms with Crippen molar-refractivity contribution in [2.45, 2.75) is 116 Å². The van der Waals surface area contributed by atoms with Gasteiger partial charge in [-0.2, -0.15) is 0 Å². The van der Waals surface area contributed by atoms with Crippen LogP contribution in [-0.2, 0) is 18.9 Å². The van der Waals surface area contributed by atoms with E-state index in [-0.39, 0.29) is 0 Å². The van der Waals surface area contributed by atoms with Crippen molar-refractivity contribution >= 4 is 0 Å². The first-order valence-electron chi connectivity index (χ1n) is 11.9. The maximum absolute atomic E-state index is 6.11.